The number of rotatable bonds is 8. The Bertz CT molecular complexity index is 358. The van der Waals surface area contributed by atoms with Gasteiger partial charge in [-0.15, -0.1) is 0 Å². The summed E-state index contributed by atoms with van der Waals surface area (Å²) in [5, 5.41) is 0. The van der Waals surface area contributed by atoms with Gasteiger partial charge in [-0.25, -0.2) is 0 Å². The van der Waals surface area contributed by atoms with E-state index < -0.39 is 8.56 Å². The van der Waals surface area contributed by atoms with Gasteiger partial charge in [0.2, 0.25) is 0 Å². The van der Waals surface area contributed by atoms with Crippen molar-refractivity contribution >= 4 is 8.56 Å². The van der Waals surface area contributed by atoms with E-state index in [2.05, 4.69) is 46.0 Å². The lowest BCUT2D eigenvalue weighted by Gasteiger charge is -2.24. The number of benzene rings is 1. The number of hydrogen-bond donors (Lipinski definition) is 0. The van der Waals surface area contributed by atoms with Gasteiger partial charge in [-0.3, -0.25) is 0 Å². The van der Waals surface area contributed by atoms with Gasteiger partial charge in [0.15, 0.2) is 0 Å². The van der Waals surface area contributed by atoms with Crippen LogP contribution in [0, 0.1) is 5.92 Å². The van der Waals surface area contributed by atoms with Crippen LogP contribution in [-0.4, -0.2) is 15.2 Å². The molecule has 0 aromatic heterocycles. The number of aryl methyl sites for hydroxylation is 1. The van der Waals surface area contributed by atoms with Crippen molar-refractivity contribution in [1.29, 1.82) is 0 Å². The molecule has 0 radical (unpaired) electrons. The molecule has 108 valence electrons. The molecule has 0 aliphatic carbocycles. The van der Waals surface area contributed by atoms with E-state index in [0.717, 1.165) is 31.1 Å². The van der Waals surface area contributed by atoms with Crippen molar-refractivity contribution in [2.24, 2.45) is 5.92 Å². The molecule has 0 amide bonds. The molecule has 0 heterocycles. The zero-order valence-corrected chi connectivity index (χ0v) is 14.0. The summed E-state index contributed by atoms with van der Waals surface area (Å²) in [5.41, 5.74) is 1.34. The molecular formula is C16H28O2Si. The van der Waals surface area contributed by atoms with Gasteiger partial charge in [-0.05, 0) is 56.0 Å². The van der Waals surface area contributed by atoms with E-state index in [0.29, 0.717) is 0 Å². The van der Waals surface area contributed by atoms with Crippen molar-refractivity contribution in [3.8, 4) is 5.75 Å². The van der Waals surface area contributed by atoms with E-state index in [4.69, 9.17) is 8.85 Å². The van der Waals surface area contributed by atoms with Crippen LogP contribution in [0.3, 0.4) is 0 Å². The Morgan fingerprint density at radius 1 is 1.11 bits per heavy atom. The molecule has 1 aromatic carbocycles. The second-order valence-electron chi connectivity index (χ2n) is 5.88. The van der Waals surface area contributed by atoms with E-state index >= 15 is 0 Å². The van der Waals surface area contributed by atoms with Crippen LogP contribution in [0.4, 0.5) is 0 Å². The Balaban J connectivity index is 2.39. The van der Waals surface area contributed by atoms with Crippen LogP contribution in [-0.2, 0) is 10.8 Å². The third kappa shape index (κ3) is 6.78. The summed E-state index contributed by atoms with van der Waals surface area (Å²) in [6.45, 7) is 11.7. The fraction of sp³-hybridized carbons (Fsp3) is 0.625. The second-order valence-corrected chi connectivity index (χ2v) is 9.18. The number of hydrogen-bond acceptors (Lipinski definition) is 2. The zero-order chi connectivity index (χ0) is 14.3. The van der Waals surface area contributed by atoms with Crippen LogP contribution in [0.5, 0.6) is 5.75 Å². The molecule has 0 aliphatic heterocycles. The lowest BCUT2D eigenvalue weighted by atomic mass is 10.1. The lowest BCUT2D eigenvalue weighted by Crippen LogP contribution is -2.38. The van der Waals surface area contributed by atoms with Crippen LogP contribution in [0.2, 0.25) is 13.1 Å². The molecule has 0 N–H and O–H groups in total. The monoisotopic (exact) mass is 280 g/mol. The Morgan fingerprint density at radius 2 is 1.74 bits per heavy atom. The second kappa shape index (κ2) is 7.71. The van der Waals surface area contributed by atoms with Gasteiger partial charge in [0.1, 0.15) is 5.75 Å². The minimum absolute atomic E-state index is 0.746. The van der Waals surface area contributed by atoms with Gasteiger partial charge in [-0.2, -0.15) is 0 Å². The van der Waals surface area contributed by atoms with Gasteiger partial charge in [0, 0.05) is 6.61 Å². The van der Waals surface area contributed by atoms with Crippen LogP contribution in [0.1, 0.15) is 39.2 Å². The molecule has 1 rings (SSSR count). The maximum absolute atomic E-state index is 6.03. The average Bonchev–Trinajstić information content (AvgIpc) is 2.35. The largest absolute Gasteiger partial charge is 0.520 e. The molecule has 0 bridgehead atoms. The first-order valence-electron chi connectivity index (χ1n) is 7.35. The summed E-state index contributed by atoms with van der Waals surface area (Å²) < 4.78 is 12.0. The van der Waals surface area contributed by atoms with Crippen LogP contribution < -0.4 is 4.43 Å². The quantitative estimate of drug-likeness (QED) is 0.504. The predicted octanol–water partition coefficient (Wildman–Crippen LogP) is 4.78. The predicted molar refractivity (Wildman–Crippen MR) is 84.0 cm³/mol. The SMILES string of the molecule is CCc1ccc(O[Si](C)(C)OCCCC(C)C)cc1. The van der Waals surface area contributed by atoms with E-state index in [1.165, 1.54) is 12.0 Å². The Kier molecular flexibility index (Phi) is 6.59. The Hall–Kier alpha value is -0.803. The van der Waals surface area contributed by atoms with Crippen LogP contribution in [0.15, 0.2) is 24.3 Å². The fourth-order valence-corrected chi connectivity index (χ4v) is 3.31. The summed E-state index contributed by atoms with van der Waals surface area (Å²) in [6, 6.07) is 8.34. The van der Waals surface area contributed by atoms with Crippen molar-refractivity contribution in [3.05, 3.63) is 29.8 Å². The van der Waals surface area contributed by atoms with Crippen LogP contribution >= 0.6 is 0 Å². The van der Waals surface area contributed by atoms with Crippen molar-refractivity contribution in [3.63, 3.8) is 0 Å². The summed E-state index contributed by atoms with van der Waals surface area (Å²) in [7, 11) is -2.04. The first-order valence-corrected chi connectivity index (χ1v) is 10.2. The molecule has 0 spiro atoms. The summed E-state index contributed by atoms with van der Waals surface area (Å²) in [6.07, 6.45) is 3.40. The summed E-state index contributed by atoms with van der Waals surface area (Å²) in [5.74, 6) is 1.67. The minimum Gasteiger partial charge on any atom is -0.520 e. The molecule has 0 saturated heterocycles. The highest BCUT2D eigenvalue weighted by Gasteiger charge is 2.26. The Morgan fingerprint density at radius 3 is 2.26 bits per heavy atom. The molecule has 0 unspecified atom stereocenters. The van der Waals surface area contributed by atoms with Gasteiger partial charge in [-0.1, -0.05) is 32.9 Å². The maximum Gasteiger partial charge on any atom is 0.392 e. The van der Waals surface area contributed by atoms with Crippen molar-refractivity contribution in [2.75, 3.05) is 6.61 Å². The highest BCUT2D eigenvalue weighted by atomic mass is 28.4. The van der Waals surface area contributed by atoms with Gasteiger partial charge in [0.25, 0.3) is 0 Å². The van der Waals surface area contributed by atoms with E-state index in [9.17, 15) is 0 Å². The normalized spacial score (nSPS) is 11.9. The van der Waals surface area contributed by atoms with Crippen molar-refractivity contribution in [2.45, 2.75) is 53.1 Å². The highest BCUT2D eigenvalue weighted by Crippen LogP contribution is 2.18. The molecular weight excluding hydrogens is 252 g/mol. The third-order valence-corrected chi connectivity index (χ3v) is 4.70. The first-order chi connectivity index (χ1) is 8.93. The average molecular weight is 280 g/mol. The molecule has 2 nitrogen and oxygen atoms in total. The molecule has 3 heteroatoms. The zero-order valence-electron chi connectivity index (χ0n) is 13.0. The summed E-state index contributed by atoms with van der Waals surface area (Å²) in [4.78, 5) is 0. The van der Waals surface area contributed by atoms with Gasteiger partial charge in [0.05, 0.1) is 0 Å². The van der Waals surface area contributed by atoms with E-state index in [1.807, 2.05) is 12.1 Å². The smallest absolute Gasteiger partial charge is 0.392 e. The highest BCUT2D eigenvalue weighted by molar-refractivity contribution is 6.65. The first kappa shape index (κ1) is 16.3. The van der Waals surface area contributed by atoms with Gasteiger partial charge < -0.3 is 8.85 Å². The lowest BCUT2D eigenvalue weighted by molar-refractivity contribution is 0.237. The molecule has 0 atom stereocenters. The van der Waals surface area contributed by atoms with Gasteiger partial charge >= 0.3 is 8.56 Å². The van der Waals surface area contributed by atoms with E-state index in [1.54, 1.807) is 0 Å². The van der Waals surface area contributed by atoms with Crippen molar-refractivity contribution < 1.29 is 8.85 Å². The summed E-state index contributed by atoms with van der Waals surface area (Å²) >= 11 is 0. The fourth-order valence-electron chi connectivity index (χ4n) is 1.92. The molecule has 0 saturated carbocycles. The molecule has 0 aliphatic rings. The topological polar surface area (TPSA) is 18.5 Å². The maximum atomic E-state index is 6.03. The molecule has 0 fully saturated rings. The van der Waals surface area contributed by atoms with Crippen molar-refractivity contribution in [1.82, 2.24) is 0 Å². The Labute approximate surface area is 119 Å². The molecule has 1 aromatic rings. The standard InChI is InChI=1S/C16H28O2Si/c1-6-15-9-11-16(12-10-15)18-19(4,5)17-13-7-8-14(2)3/h9-12,14H,6-8,13H2,1-5H3. The van der Waals surface area contributed by atoms with Crippen LogP contribution in [0.25, 0.3) is 0 Å². The minimum atomic E-state index is -2.04. The third-order valence-electron chi connectivity index (χ3n) is 3.07. The van der Waals surface area contributed by atoms with E-state index in [-0.39, 0.29) is 0 Å². The molecule has 19 heavy (non-hydrogen) atoms.